The largest absolute Gasteiger partial charge is 0.331 e. The number of quaternary nitrogens is 2. The maximum atomic E-state index is 2.27. The van der Waals surface area contributed by atoms with Crippen LogP contribution in [0.2, 0.25) is 0 Å². The second kappa shape index (κ2) is 5.19. The van der Waals surface area contributed by atoms with Crippen molar-refractivity contribution >= 4 is 5.69 Å². The Hall–Kier alpha value is -0.860. The zero-order chi connectivity index (χ0) is 13.1. The third-order valence-corrected chi connectivity index (χ3v) is 3.01. The number of hydrogen-bond donors (Lipinski definition) is 0. The Bertz CT molecular complexity index is 339. The van der Waals surface area contributed by atoms with Gasteiger partial charge in [-0.3, -0.25) is 4.48 Å². The van der Waals surface area contributed by atoms with Crippen LogP contribution < -0.4 is 4.48 Å². The smallest absolute Gasteiger partial charge is 0.132 e. The highest BCUT2D eigenvalue weighted by Crippen LogP contribution is 2.18. The van der Waals surface area contributed by atoms with Crippen molar-refractivity contribution in [2.75, 3.05) is 48.8 Å². The van der Waals surface area contributed by atoms with Crippen LogP contribution >= 0.6 is 0 Å². The molecule has 0 radical (unpaired) electrons. The molecule has 0 aliphatic heterocycles. The topological polar surface area (TPSA) is 0 Å². The number of benzene rings is 1. The molecular weight excluding hydrogens is 208 g/mol. The molecule has 0 fully saturated rings. The molecule has 0 atom stereocenters. The van der Waals surface area contributed by atoms with Gasteiger partial charge in [0.1, 0.15) is 5.69 Å². The highest BCUT2D eigenvalue weighted by atomic mass is 15.3. The zero-order valence-electron chi connectivity index (χ0n) is 12.3. The first-order valence-corrected chi connectivity index (χ1v) is 6.40. The quantitative estimate of drug-likeness (QED) is 0.689. The zero-order valence-corrected chi connectivity index (χ0v) is 12.3. The van der Waals surface area contributed by atoms with Crippen LogP contribution in [-0.2, 0) is 6.42 Å². The van der Waals surface area contributed by atoms with E-state index in [4.69, 9.17) is 0 Å². The summed E-state index contributed by atoms with van der Waals surface area (Å²) >= 11 is 0. The molecule has 17 heavy (non-hydrogen) atoms. The van der Waals surface area contributed by atoms with Crippen molar-refractivity contribution in [2.24, 2.45) is 0 Å². The van der Waals surface area contributed by atoms with Gasteiger partial charge in [-0.25, -0.2) is 0 Å². The molecular formula is C15H28N2+2. The molecule has 0 N–H and O–H groups in total. The summed E-state index contributed by atoms with van der Waals surface area (Å²) in [5.74, 6) is 0. The van der Waals surface area contributed by atoms with E-state index in [2.05, 4.69) is 66.6 Å². The molecule has 0 amide bonds. The van der Waals surface area contributed by atoms with Crippen LogP contribution in [0.1, 0.15) is 12.0 Å². The monoisotopic (exact) mass is 236 g/mol. The van der Waals surface area contributed by atoms with Gasteiger partial charge in [-0.15, -0.1) is 0 Å². The van der Waals surface area contributed by atoms with Gasteiger partial charge in [0.05, 0.1) is 48.8 Å². The highest BCUT2D eigenvalue weighted by molar-refractivity contribution is 5.42. The van der Waals surface area contributed by atoms with E-state index in [0.29, 0.717) is 0 Å². The Morgan fingerprint density at radius 3 is 1.76 bits per heavy atom. The average Bonchev–Trinajstić information content (AvgIpc) is 2.15. The molecule has 1 rings (SSSR count). The minimum absolute atomic E-state index is 0.888. The van der Waals surface area contributed by atoms with Gasteiger partial charge in [0, 0.05) is 6.42 Å². The van der Waals surface area contributed by atoms with E-state index in [1.807, 2.05) is 0 Å². The maximum Gasteiger partial charge on any atom is 0.132 e. The van der Waals surface area contributed by atoms with Crippen molar-refractivity contribution in [3.8, 4) is 0 Å². The fourth-order valence-corrected chi connectivity index (χ4v) is 1.87. The van der Waals surface area contributed by atoms with E-state index in [1.54, 1.807) is 0 Å². The molecule has 2 nitrogen and oxygen atoms in total. The molecule has 0 aliphatic rings. The van der Waals surface area contributed by atoms with E-state index in [0.717, 1.165) is 8.97 Å². The van der Waals surface area contributed by atoms with Gasteiger partial charge in [0.25, 0.3) is 0 Å². The first kappa shape index (κ1) is 14.2. The summed E-state index contributed by atoms with van der Waals surface area (Å²) in [5.41, 5.74) is 2.82. The van der Waals surface area contributed by atoms with Gasteiger partial charge in [0.15, 0.2) is 0 Å². The van der Waals surface area contributed by atoms with E-state index in [1.165, 1.54) is 30.6 Å². The number of aryl methyl sites for hydroxylation is 1. The van der Waals surface area contributed by atoms with Gasteiger partial charge in [-0.05, 0) is 24.1 Å². The van der Waals surface area contributed by atoms with Gasteiger partial charge < -0.3 is 4.48 Å². The Labute approximate surface area is 107 Å². The number of rotatable bonds is 5. The maximum absolute atomic E-state index is 2.27. The van der Waals surface area contributed by atoms with Crippen LogP contribution in [0.5, 0.6) is 0 Å². The summed E-state index contributed by atoms with van der Waals surface area (Å²) in [6.07, 6.45) is 2.44. The van der Waals surface area contributed by atoms with E-state index in [9.17, 15) is 0 Å². The van der Waals surface area contributed by atoms with Crippen molar-refractivity contribution < 1.29 is 4.48 Å². The molecule has 1 aromatic carbocycles. The van der Waals surface area contributed by atoms with Crippen molar-refractivity contribution in [2.45, 2.75) is 12.8 Å². The summed E-state index contributed by atoms with van der Waals surface area (Å²) in [7, 11) is 13.4. The average molecular weight is 236 g/mol. The highest BCUT2D eigenvalue weighted by Gasteiger charge is 2.11. The lowest BCUT2D eigenvalue weighted by Gasteiger charge is -2.24. The fraction of sp³-hybridized carbons (Fsp3) is 0.600. The lowest BCUT2D eigenvalue weighted by Crippen LogP contribution is -2.35. The van der Waals surface area contributed by atoms with Gasteiger partial charge in [-0.2, -0.15) is 0 Å². The van der Waals surface area contributed by atoms with E-state index in [-0.39, 0.29) is 0 Å². The summed E-state index contributed by atoms with van der Waals surface area (Å²) in [6, 6.07) is 9.05. The minimum Gasteiger partial charge on any atom is -0.331 e. The van der Waals surface area contributed by atoms with Gasteiger partial charge in [-0.1, -0.05) is 12.1 Å². The minimum atomic E-state index is 0.888. The third-order valence-electron chi connectivity index (χ3n) is 3.01. The van der Waals surface area contributed by atoms with Crippen LogP contribution in [0.25, 0.3) is 0 Å². The number of hydrogen-bond acceptors (Lipinski definition) is 0. The van der Waals surface area contributed by atoms with E-state index >= 15 is 0 Å². The lowest BCUT2D eigenvalue weighted by atomic mass is 10.1. The van der Waals surface area contributed by atoms with E-state index < -0.39 is 0 Å². The molecule has 2 heteroatoms. The Morgan fingerprint density at radius 2 is 1.35 bits per heavy atom. The molecule has 0 aromatic heterocycles. The second-order valence-electron chi connectivity index (χ2n) is 6.80. The third kappa shape index (κ3) is 5.33. The molecule has 0 spiro atoms. The Kier molecular flexibility index (Phi) is 4.34. The molecule has 0 saturated carbocycles. The first-order valence-electron chi connectivity index (χ1n) is 6.40. The molecule has 0 aliphatic carbocycles. The standard InChI is InChI=1S/C15H28N2/c1-16(2,3)13-7-8-14-9-11-15(12-10-14)17(4,5)6/h9-12H,7-8,13H2,1-6H3/q+2. The van der Waals surface area contributed by atoms with Crippen LogP contribution in [0.3, 0.4) is 0 Å². The molecule has 0 saturated heterocycles. The van der Waals surface area contributed by atoms with Crippen molar-refractivity contribution in [3.63, 3.8) is 0 Å². The van der Waals surface area contributed by atoms with Crippen LogP contribution in [0.4, 0.5) is 5.69 Å². The fourth-order valence-electron chi connectivity index (χ4n) is 1.87. The molecule has 1 aromatic rings. The Morgan fingerprint density at radius 1 is 0.824 bits per heavy atom. The second-order valence-corrected chi connectivity index (χ2v) is 6.80. The predicted molar refractivity (Wildman–Crippen MR) is 77.2 cm³/mol. The van der Waals surface area contributed by atoms with Gasteiger partial charge >= 0.3 is 0 Å². The predicted octanol–water partition coefficient (Wildman–Crippen LogP) is 2.52. The normalized spacial score (nSPS) is 12.8. The van der Waals surface area contributed by atoms with Crippen molar-refractivity contribution in [1.82, 2.24) is 4.48 Å². The molecule has 0 bridgehead atoms. The Balaban J connectivity index is 2.52. The van der Waals surface area contributed by atoms with Crippen LogP contribution in [0.15, 0.2) is 24.3 Å². The lowest BCUT2D eigenvalue weighted by molar-refractivity contribution is -0.870. The summed E-state index contributed by atoms with van der Waals surface area (Å²) in [4.78, 5) is 0. The SMILES string of the molecule is C[N+](C)(C)CCCc1ccc([N+](C)(C)C)cc1. The first-order chi connectivity index (χ1) is 7.68. The number of nitrogens with zero attached hydrogens (tertiary/aromatic N) is 2. The summed E-state index contributed by atoms with van der Waals surface area (Å²) in [5, 5.41) is 0. The summed E-state index contributed by atoms with van der Waals surface area (Å²) in [6.45, 7) is 1.23. The van der Waals surface area contributed by atoms with Crippen molar-refractivity contribution in [3.05, 3.63) is 29.8 Å². The van der Waals surface area contributed by atoms with Crippen molar-refractivity contribution in [1.29, 1.82) is 0 Å². The molecule has 0 unspecified atom stereocenters. The molecule has 96 valence electrons. The van der Waals surface area contributed by atoms with Crippen LogP contribution in [0, 0.1) is 0 Å². The molecule has 0 heterocycles. The summed E-state index contributed by atoms with van der Waals surface area (Å²) < 4.78 is 1.94. The van der Waals surface area contributed by atoms with Gasteiger partial charge in [0.2, 0.25) is 0 Å². The van der Waals surface area contributed by atoms with Crippen LogP contribution in [-0.4, -0.2) is 53.3 Å².